The third kappa shape index (κ3) is 3.07. The SMILES string of the molecule is Fc1ccc(Sc2ncnc3c2CCNC3)c(C(F)(F)F)c1. The van der Waals surface area contributed by atoms with Gasteiger partial charge in [0.1, 0.15) is 17.2 Å². The number of benzene rings is 1. The van der Waals surface area contributed by atoms with Gasteiger partial charge in [0.15, 0.2) is 0 Å². The molecule has 0 spiro atoms. The number of nitrogens with zero attached hydrogens (tertiary/aromatic N) is 2. The standard InChI is InChI=1S/C14H11F4N3S/c15-8-1-2-12(10(5-8)14(16,17)18)22-13-9-3-4-19-6-11(9)20-7-21-13/h1-2,5,7,19H,3-4,6H2. The Morgan fingerprint density at radius 3 is 2.77 bits per heavy atom. The van der Waals surface area contributed by atoms with Gasteiger partial charge >= 0.3 is 6.18 Å². The van der Waals surface area contributed by atoms with Crippen LogP contribution in [0.2, 0.25) is 0 Å². The second-order valence-electron chi connectivity index (χ2n) is 4.77. The summed E-state index contributed by atoms with van der Waals surface area (Å²) in [6.45, 7) is 1.30. The van der Waals surface area contributed by atoms with Gasteiger partial charge in [-0.05, 0) is 31.2 Å². The van der Waals surface area contributed by atoms with Crippen molar-refractivity contribution >= 4 is 11.8 Å². The zero-order chi connectivity index (χ0) is 15.7. The molecule has 0 unspecified atom stereocenters. The highest BCUT2D eigenvalue weighted by Gasteiger charge is 2.34. The van der Waals surface area contributed by atoms with E-state index in [0.717, 1.165) is 41.7 Å². The molecule has 22 heavy (non-hydrogen) atoms. The third-order valence-electron chi connectivity index (χ3n) is 3.29. The van der Waals surface area contributed by atoms with Gasteiger partial charge in [-0.15, -0.1) is 0 Å². The summed E-state index contributed by atoms with van der Waals surface area (Å²) in [5.74, 6) is -0.911. The Labute approximate surface area is 128 Å². The molecular formula is C14H11F4N3S. The van der Waals surface area contributed by atoms with E-state index in [1.165, 1.54) is 6.33 Å². The summed E-state index contributed by atoms with van der Waals surface area (Å²) in [6, 6.07) is 2.67. The van der Waals surface area contributed by atoms with Crippen LogP contribution in [-0.2, 0) is 19.1 Å². The Balaban J connectivity index is 2.01. The second kappa shape index (κ2) is 5.85. The number of fused-ring (bicyclic) bond motifs is 1. The first-order valence-corrected chi connectivity index (χ1v) is 7.35. The van der Waals surface area contributed by atoms with Gasteiger partial charge in [0, 0.05) is 17.0 Å². The van der Waals surface area contributed by atoms with Crippen LogP contribution in [0, 0.1) is 5.82 Å². The van der Waals surface area contributed by atoms with Gasteiger partial charge in [-0.1, -0.05) is 11.8 Å². The number of halogens is 4. The van der Waals surface area contributed by atoms with Crippen molar-refractivity contribution < 1.29 is 17.6 Å². The molecule has 1 aromatic heterocycles. The summed E-state index contributed by atoms with van der Waals surface area (Å²) in [7, 11) is 0. The van der Waals surface area contributed by atoms with Crippen molar-refractivity contribution in [2.24, 2.45) is 0 Å². The van der Waals surface area contributed by atoms with Crippen LogP contribution in [0.4, 0.5) is 17.6 Å². The molecule has 8 heteroatoms. The third-order valence-corrected chi connectivity index (χ3v) is 4.41. The van der Waals surface area contributed by atoms with Crippen molar-refractivity contribution in [1.82, 2.24) is 15.3 Å². The maximum atomic E-state index is 13.1. The highest BCUT2D eigenvalue weighted by Crippen LogP contribution is 2.40. The number of aromatic nitrogens is 2. The van der Waals surface area contributed by atoms with Crippen LogP contribution in [0.1, 0.15) is 16.8 Å². The summed E-state index contributed by atoms with van der Waals surface area (Å²) >= 11 is 0.899. The Kier molecular flexibility index (Phi) is 4.05. The molecule has 0 saturated carbocycles. The fourth-order valence-electron chi connectivity index (χ4n) is 2.26. The minimum atomic E-state index is -4.61. The number of hydrogen-bond acceptors (Lipinski definition) is 4. The summed E-state index contributed by atoms with van der Waals surface area (Å²) in [5, 5.41) is 3.64. The molecule has 2 aromatic rings. The summed E-state index contributed by atoms with van der Waals surface area (Å²) in [4.78, 5) is 8.17. The van der Waals surface area contributed by atoms with E-state index < -0.39 is 17.6 Å². The molecule has 116 valence electrons. The Bertz CT molecular complexity index is 703. The average molecular weight is 329 g/mol. The van der Waals surface area contributed by atoms with E-state index in [1.807, 2.05) is 0 Å². The summed E-state index contributed by atoms with van der Waals surface area (Å²) in [6.07, 6.45) is -2.62. The number of rotatable bonds is 2. The molecule has 3 nitrogen and oxygen atoms in total. The van der Waals surface area contributed by atoms with E-state index in [0.29, 0.717) is 24.1 Å². The van der Waals surface area contributed by atoms with Crippen molar-refractivity contribution in [3.8, 4) is 0 Å². The number of alkyl halides is 3. The molecule has 0 atom stereocenters. The van der Waals surface area contributed by atoms with Gasteiger partial charge in [0.05, 0.1) is 11.3 Å². The molecule has 1 aliphatic heterocycles. The van der Waals surface area contributed by atoms with Crippen LogP contribution in [0.25, 0.3) is 0 Å². The first kappa shape index (κ1) is 15.2. The van der Waals surface area contributed by atoms with E-state index in [1.54, 1.807) is 0 Å². The lowest BCUT2D eigenvalue weighted by molar-refractivity contribution is -0.139. The van der Waals surface area contributed by atoms with Gasteiger partial charge in [-0.2, -0.15) is 13.2 Å². The molecule has 0 saturated heterocycles. The molecule has 3 rings (SSSR count). The highest BCUT2D eigenvalue weighted by atomic mass is 32.2. The van der Waals surface area contributed by atoms with Gasteiger partial charge in [0.25, 0.3) is 0 Å². The van der Waals surface area contributed by atoms with Crippen LogP contribution in [0.3, 0.4) is 0 Å². The fourth-order valence-corrected chi connectivity index (χ4v) is 3.33. The Morgan fingerprint density at radius 1 is 1.18 bits per heavy atom. The zero-order valence-electron chi connectivity index (χ0n) is 11.2. The predicted octanol–water partition coefficient (Wildman–Crippen LogP) is 3.43. The topological polar surface area (TPSA) is 37.8 Å². The van der Waals surface area contributed by atoms with E-state index >= 15 is 0 Å². The van der Waals surface area contributed by atoms with Gasteiger partial charge in [0.2, 0.25) is 0 Å². The molecule has 1 N–H and O–H groups in total. The van der Waals surface area contributed by atoms with Crippen molar-refractivity contribution in [2.45, 2.75) is 29.1 Å². The summed E-state index contributed by atoms with van der Waals surface area (Å²) < 4.78 is 52.3. The normalized spacial score (nSPS) is 14.7. The average Bonchev–Trinajstić information content (AvgIpc) is 2.48. The molecule has 0 fully saturated rings. The van der Waals surface area contributed by atoms with E-state index in [4.69, 9.17) is 0 Å². The summed E-state index contributed by atoms with van der Waals surface area (Å²) in [5.41, 5.74) is 0.655. The Morgan fingerprint density at radius 2 is 2.00 bits per heavy atom. The molecule has 1 aliphatic rings. The largest absolute Gasteiger partial charge is 0.417 e. The lowest BCUT2D eigenvalue weighted by Crippen LogP contribution is -2.25. The van der Waals surface area contributed by atoms with Crippen molar-refractivity contribution in [3.63, 3.8) is 0 Å². The number of nitrogens with one attached hydrogen (secondary N) is 1. The van der Waals surface area contributed by atoms with Crippen LogP contribution in [-0.4, -0.2) is 16.5 Å². The monoisotopic (exact) mass is 329 g/mol. The van der Waals surface area contributed by atoms with Crippen molar-refractivity contribution in [2.75, 3.05) is 6.54 Å². The Hall–Kier alpha value is -1.67. The van der Waals surface area contributed by atoms with E-state index in [-0.39, 0.29) is 4.90 Å². The van der Waals surface area contributed by atoms with Crippen LogP contribution in [0.5, 0.6) is 0 Å². The minimum Gasteiger partial charge on any atom is -0.311 e. The van der Waals surface area contributed by atoms with Crippen molar-refractivity contribution in [1.29, 1.82) is 0 Å². The first-order chi connectivity index (χ1) is 10.4. The van der Waals surface area contributed by atoms with E-state index in [9.17, 15) is 17.6 Å². The fraction of sp³-hybridized carbons (Fsp3) is 0.286. The van der Waals surface area contributed by atoms with Crippen LogP contribution >= 0.6 is 11.8 Å². The molecule has 0 bridgehead atoms. The molecule has 0 radical (unpaired) electrons. The van der Waals surface area contributed by atoms with Crippen LogP contribution in [0.15, 0.2) is 34.4 Å². The smallest absolute Gasteiger partial charge is 0.311 e. The zero-order valence-corrected chi connectivity index (χ0v) is 12.1. The maximum Gasteiger partial charge on any atom is 0.417 e. The highest BCUT2D eigenvalue weighted by molar-refractivity contribution is 7.99. The van der Waals surface area contributed by atoms with E-state index in [2.05, 4.69) is 15.3 Å². The predicted molar refractivity (Wildman–Crippen MR) is 73.0 cm³/mol. The molecule has 1 aromatic carbocycles. The maximum absolute atomic E-state index is 13.1. The second-order valence-corrected chi connectivity index (χ2v) is 5.80. The lowest BCUT2D eigenvalue weighted by atomic mass is 10.1. The van der Waals surface area contributed by atoms with Gasteiger partial charge in [-0.25, -0.2) is 14.4 Å². The van der Waals surface area contributed by atoms with Gasteiger partial charge in [-0.3, -0.25) is 0 Å². The van der Waals surface area contributed by atoms with Crippen molar-refractivity contribution in [3.05, 3.63) is 47.2 Å². The number of hydrogen-bond donors (Lipinski definition) is 1. The minimum absolute atomic E-state index is 0.0617. The van der Waals surface area contributed by atoms with Crippen LogP contribution < -0.4 is 5.32 Å². The lowest BCUT2D eigenvalue weighted by Gasteiger charge is -2.19. The molecule has 0 amide bonds. The quantitative estimate of drug-likeness (QED) is 0.677. The molecule has 2 heterocycles. The van der Waals surface area contributed by atoms with Gasteiger partial charge < -0.3 is 5.32 Å². The first-order valence-electron chi connectivity index (χ1n) is 6.53. The molecular weight excluding hydrogens is 318 g/mol. The molecule has 0 aliphatic carbocycles.